The molecule has 0 heterocycles. The molecule has 0 saturated heterocycles. The number of hydrogen-bond acceptors (Lipinski definition) is 6. The van der Waals surface area contributed by atoms with Gasteiger partial charge in [-0.2, -0.15) is 0 Å². The van der Waals surface area contributed by atoms with E-state index in [-0.39, 0.29) is 5.75 Å². The second-order valence-corrected chi connectivity index (χ2v) is 5.12. The highest BCUT2D eigenvalue weighted by Crippen LogP contribution is 2.27. The van der Waals surface area contributed by atoms with Crippen molar-refractivity contribution in [1.29, 1.82) is 0 Å². The Bertz CT molecular complexity index is 612. The van der Waals surface area contributed by atoms with Crippen LogP contribution in [0.5, 0.6) is 5.75 Å². The van der Waals surface area contributed by atoms with E-state index in [2.05, 4.69) is 0 Å². The number of hydrogen-bond donors (Lipinski definition) is 2. The van der Waals surface area contributed by atoms with Gasteiger partial charge in [-0.3, -0.25) is 14.9 Å². The number of nitrogens with zero attached hydrogens (tertiary/aromatic N) is 1. The Morgan fingerprint density at radius 3 is 2.63 bits per heavy atom. The SMILES string of the molecule is COc1ccc([N+](=O)[O-])cc1S(=O)(=O)NCC(N)=O. The van der Waals surface area contributed by atoms with Crippen molar-refractivity contribution < 1.29 is 22.9 Å². The standard InChI is InChI=1S/C9H11N3O6S/c1-18-7-3-2-6(12(14)15)4-8(7)19(16,17)11-5-9(10)13/h2-4,11H,5H2,1H3,(H2,10,13). The fourth-order valence-corrected chi connectivity index (χ4v) is 2.41. The molecule has 9 nitrogen and oxygen atoms in total. The molecule has 0 aromatic heterocycles. The number of nitro benzene ring substituents is 1. The number of methoxy groups -OCH3 is 1. The molecule has 1 rings (SSSR count). The summed E-state index contributed by atoms with van der Waals surface area (Å²) in [6.45, 7) is -0.617. The van der Waals surface area contributed by atoms with Gasteiger partial charge in [0.2, 0.25) is 15.9 Å². The van der Waals surface area contributed by atoms with Gasteiger partial charge in [-0.05, 0) is 6.07 Å². The van der Waals surface area contributed by atoms with E-state index in [0.29, 0.717) is 0 Å². The smallest absolute Gasteiger partial charge is 0.271 e. The van der Waals surface area contributed by atoms with Crippen molar-refractivity contribution in [2.24, 2.45) is 5.73 Å². The van der Waals surface area contributed by atoms with Gasteiger partial charge in [-0.25, -0.2) is 13.1 Å². The minimum Gasteiger partial charge on any atom is -0.495 e. The highest BCUT2D eigenvalue weighted by molar-refractivity contribution is 7.89. The molecule has 1 aromatic rings. The predicted molar refractivity (Wildman–Crippen MR) is 64.0 cm³/mol. The van der Waals surface area contributed by atoms with E-state index in [4.69, 9.17) is 10.5 Å². The molecule has 0 spiro atoms. The largest absolute Gasteiger partial charge is 0.495 e. The fraction of sp³-hybridized carbons (Fsp3) is 0.222. The van der Waals surface area contributed by atoms with E-state index in [1.807, 2.05) is 4.72 Å². The number of primary amides is 1. The molecule has 0 atom stereocenters. The van der Waals surface area contributed by atoms with Crippen LogP contribution in [0.3, 0.4) is 0 Å². The number of nitrogens with one attached hydrogen (secondary N) is 1. The molecule has 1 aromatic carbocycles. The molecule has 0 saturated carbocycles. The van der Waals surface area contributed by atoms with Crippen molar-refractivity contribution in [3.05, 3.63) is 28.3 Å². The van der Waals surface area contributed by atoms with Crippen LogP contribution in [-0.2, 0) is 14.8 Å². The third-order valence-corrected chi connectivity index (χ3v) is 3.51. The minimum atomic E-state index is -4.13. The molecule has 0 aliphatic carbocycles. The lowest BCUT2D eigenvalue weighted by Gasteiger charge is -2.09. The van der Waals surface area contributed by atoms with Crippen LogP contribution in [0, 0.1) is 10.1 Å². The van der Waals surface area contributed by atoms with Gasteiger partial charge in [0.25, 0.3) is 5.69 Å². The molecule has 1 amide bonds. The van der Waals surface area contributed by atoms with Gasteiger partial charge in [-0.15, -0.1) is 0 Å². The maximum absolute atomic E-state index is 11.9. The predicted octanol–water partition coefficient (Wildman–Crippen LogP) is -0.633. The van der Waals surface area contributed by atoms with Crippen LogP contribution in [-0.4, -0.2) is 32.9 Å². The van der Waals surface area contributed by atoms with Gasteiger partial charge in [0, 0.05) is 12.1 Å². The Labute approximate surface area is 108 Å². The number of nitrogens with two attached hydrogens (primary N) is 1. The van der Waals surface area contributed by atoms with Gasteiger partial charge in [0.05, 0.1) is 18.6 Å². The number of non-ortho nitro benzene ring substituents is 1. The third-order valence-electron chi connectivity index (χ3n) is 2.08. The van der Waals surface area contributed by atoms with Gasteiger partial charge < -0.3 is 10.5 Å². The highest BCUT2D eigenvalue weighted by Gasteiger charge is 2.23. The molecule has 0 aliphatic heterocycles. The Morgan fingerprint density at radius 2 is 2.16 bits per heavy atom. The number of benzene rings is 1. The summed E-state index contributed by atoms with van der Waals surface area (Å²) in [7, 11) is -2.92. The lowest BCUT2D eigenvalue weighted by molar-refractivity contribution is -0.385. The first-order valence-electron chi connectivity index (χ1n) is 4.88. The van der Waals surface area contributed by atoms with Gasteiger partial charge >= 0.3 is 0 Å². The summed E-state index contributed by atoms with van der Waals surface area (Å²) < 4.78 is 30.5. The first-order chi connectivity index (χ1) is 8.77. The summed E-state index contributed by atoms with van der Waals surface area (Å²) in [4.78, 5) is 20.0. The van der Waals surface area contributed by atoms with Gasteiger partial charge in [0.1, 0.15) is 10.6 Å². The summed E-state index contributed by atoms with van der Waals surface area (Å²) in [5.74, 6) is -0.962. The monoisotopic (exact) mass is 289 g/mol. The molecular weight excluding hydrogens is 278 g/mol. The van der Waals surface area contributed by atoms with Gasteiger partial charge in [-0.1, -0.05) is 0 Å². The second kappa shape index (κ2) is 5.63. The maximum Gasteiger partial charge on any atom is 0.271 e. The van der Waals surface area contributed by atoms with Crippen LogP contribution in [0.1, 0.15) is 0 Å². The fourth-order valence-electron chi connectivity index (χ4n) is 1.23. The average Bonchev–Trinajstić information content (AvgIpc) is 2.35. The highest BCUT2D eigenvalue weighted by atomic mass is 32.2. The van der Waals surface area contributed by atoms with Crippen LogP contribution < -0.4 is 15.2 Å². The summed E-state index contributed by atoms with van der Waals surface area (Å²) in [6.07, 6.45) is 0. The molecule has 3 N–H and O–H groups in total. The first kappa shape index (κ1) is 14.9. The Balaban J connectivity index is 3.26. The van der Waals surface area contributed by atoms with Crippen molar-refractivity contribution in [2.45, 2.75) is 4.90 Å². The van der Waals surface area contributed by atoms with Crippen molar-refractivity contribution in [3.8, 4) is 5.75 Å². The second-order valence-electron chi connectivity index (χ2n) is 3.38. The van der Waals surface area contributed by atoms with E-state index < -0.39 is 38.0 Å². The van der Waals surface area contributed by atoms with Crippen molar-refractivity contribution in [2.75, 3.05) is 13.7 Å². The van der Waals surface area contributed by atoms with E-state index >= 15 is 0 Å². The maximum atomic E-state index is 11.9. The number of rotatable bonds is 6. The molecule has 104 valence electrons. The van der Waals surface area contributed by atoms with E-state index in [1.165, 1.54) is 7.11 Å². The zero-order valence-electron chi connectivity index (χ0n) is 9.82. The molecular formula is C9H11N3O6S. The average molecular weight is 289 g/mol. The van der Waals surface area contributed by atoms with E-state index in [0.717, 1.165) is 18.2 Å². The number of sulfonamides is 1. The summed E-state index contributed by atoms with van der Waals surface area (Å²) in [6, 6.07) is 3.09. The van der Waals surface area contributed by atoms with Gasteiger partial charge in [0.15, 0.2) is 0 Å². The molecule has 0 fully saturated rings. The normalized spacial score (nSPS) is 11.0. The molecule has 19 heavy (non-hydrogen) atoms. The number of ether oxygens (including phenoxy) is 1. The van der Waals surface area contributed by atoms with Crippen LogP contribution in [0.15, 0.2) is 23.1 Å². The summed E-state index contributed by atoms with van der Waals surface area (Å²) in [5, 5.41) is 10.6. The van der Waals surface area contributed by atoms with Crippen LogP contribution in [0.2, 0.25) is 0 Å². The van der Waals surface area contributed by atoms with E-state index in [1.54, 1.807) is 0 Å². The molecule has 0 bridgehead atoms. The lowest BCUT2D eigenvalue weighted by atomic mass is 10.3. The van der Waals surface area contributed by atoms with Crippen LogP contribution in [0.25, 0.3) is 0 Å². The third kappa shape index (κ3) is 3.63. The molecule has 10 heteroatoms. The summed E-state index contributed by atoms with van der Waals surface area (Å²) in [5.41, 5.74) is 4.40. The van der Waals surface area contributed by atoms with Crippen LogP contribution in [0.4, 0.5) is 5.69 Å². The zero-order chi connectivity index (χ0) is 14.6. The minimum absolute atomic E-state index is 0.0810. The van der Waals surface area contributed by atoms with Crippen molar-refractivity contribution in [1.82, 2.24) is 4.72 Å². The first-order valence-corrected chi connectivity index (χ1v) is 6.36. The summed E-state index contributed by atoms with van der Waals surface area (Å²) >= 11 is 0. The quantitative estimate of drug-likeness (QED) is 0.527. The Hall–Kier alpha value is -2.20. The molecule has 0 radical (unpaired) electrons. The Morgan fingerprint density at radius 1 is 1.53 bits per heavy atom. The van der Waals surface area contributed by atoms with Crippen molar-refractivity contribution >= 4 is 21.6 Å². The van der Waals surface area contributed by atoms with E-state index in [9.17, 15) is 23.3 Å². The number of amides is 1. The lowest BCUT2D eigenvalue weighted by Crippen LogP contribution is -2.33. The Kier molecular flexibility index (Phi) is 4.40. The number of carbonyl (C=O) groups is 1. The topological polar surface area (TPSA) is 142 Å². The number of carbonyl (C=O) groups excluding carboxylic acids is 1. The molecule has 0 aliphatic rings. The number of nitro groups is 1. The van der Waals surface area contributed by atoms with Crippen LogP contribution >= 0.6 is 0 Å². The zero-order valence-corrected chi connectivity index (χ0v) is 10.6. The molecule has 0 unspecified atom stereocenters. The van der Waals surface area contributed by atoms with Crippen molar-refractivity contribution in [3.63, 3.8) is 0 Å².